The van der Waals surface area contributed by atoms with Crippen molar-refractivity contribution in [3.8, 4) is 6.07 Å². The summed E-state index contributed by atoms with van der Waals surface area (Å²) in [6.45, 7) is 0.497. The van der Waals surface area contributed by atoms with E-state index in [4.69, 9.17) is 15.8 Å². The van der Waals surface area contributed by atoms with Crippen LogP contribution in [0.4, 0.5) is 0 Å². The fourth-order valence-corrected chi connectivity index (χ4v) is 1.09. The van der Waals surface area contributed by atoms with Crippen molar-refractivity contribution in [2.45, 2.75) is 19.3 Å². The van der Waals surface area contributed by atoms with Crippen LogP contribution in [-0.4, -0.2) is 19.1 Å². The largest absolute Gasteiger partial charge is 0.368 e. The Morgan fingerprint density at radius 1 is 1.69 bits per heavy atom. The van der Waals surface area contributed by atoms with Gasteiger partial charge in [0.05, 0.1) is 6.07 Å². The van der Waals surface area contributed by atoms with E-state index in [1.165, 1.54) is 0 Å². The number of nitrogens with two attached hydrogens (primary N) is 1. The van der Waals surface area contributed by atoms with Gasteiger partial charge in [-0.1, -0.05) is 0 Å². The molecule has 1 aliphatic carbocycles. The predicted molar refractivity (Wildman–Crippen MR) is 45.0 cm³/mol. The summed E-state index contributed by atoms with van der Waals surface area (Å²) in [7, 11) is 0. The highest BCUT2D eigenvalue weighted by Gasteiger charge is 2.42. The average molecular weight is 183 g/mol. The molecule has 0 aromatic rings. The molecule has 0 unspecified atom stereocenters. The van der Waals surface area contributed by atoms with Crippen molar-refractivity contribution in [3.05, 3.63) is 0 Å². The highest BCUT2D eigenvalue weighted by molar-refractivity contribution is 5.74. The number of nitriles is 1. The van der Waals surface area contributed by atoms with Crippen LogP contribution in [0.25, 0.3) is 0 Å². The number of nitrogens with zero attached hydrogens (tertiary/aromatic N) is 1. The van der Waals surface area contributed by atoms with Crippen LogP contribution in [0.1, 0.15) is 19.3 Å². The second-order valence-corrected chi connectivity index (χ2v) is 3.41. The molecular formula is C8H13N3O2. The molecule has 0 saturated heterocycles. The van der Waals surface area contributed by atoms with Crippen LogP contribution in [0.15, 0.2) is 0 Å². The molecule has 0 aliphatic heterocycles. The standard InChI is InChI=1S/C8H13N3O2/c9-4-3-8(1-2-8)6-11-13-5-7(10)12/h11H,1-3,5-6H2,(H2,10,12). The molecule has 1 amide bonds. The fraction of sp³-hybridized carbons (Fsp3) is 0.750. The number of primary amides is 1. The van der Waals surface area contributed by atoms with Gasteiger partial charge in [-0.2, -0.15) is 5.26 Å². The third kappa shape index (κ3) is 3.40. The molecule has 0 heterocycles. The van der Waals surface area contributed by atoms with E-state index in [0.29, 0.717) is 13.0 Å². The van der Waals surface area contributed by atoms with Crippen LogP contribution in [-0.2, 0) is 9.63 Å². The van der Waals surface area contributed by atoms with E-state index in [1.54, 1.807) is 0 Å². The Morgan fingerprint density at radius 2 is 2.38 bits per heavy atom. The minimum atomic E-state index is -0.502. The van der Waals surface area contributed by atoms with E-state index < -0.39 is 5.91 Å². The van der Waals surface area contributed by atoms with E-state index in [-0.39, 0.29) is 12.0 Å². The molecule has 3 N–H and O–H groups in total. The van der Waals surface area contributed by atoms with Crippen LogP contribution < -0.4 is 11.2 Å². The fourth-order valence-electron chi connectivity index (χ4n) is 1.09. The molecule has 72 valence electrons. The zero-order chi connectivity index (χ0) is 9.73. The molecule has 5 nitrogen and oxygen atoms in total. The number of amides is 1. The maximum atomic E-state index is 10.3. The molecule has 1 rings (SSSR count). The van der Waals surface area contributed by atoms with Crippen LogP contribution in [0.2, 0.25) is 0 Å². The lowest BCUT2D eigenvalue weighted by molar-refractivity contribution is -0.125. The second-order valence-electron chi connectivity index (χ2n) is 3.41. The van der Waals surface area contributed by atoms with Crippen molar-refractivity contribution in [1.29, 1.82) is 5.26 Å². The molecule has 0 aromatic heterocycles. The maximum Gasteiger partial charge on any atom is 0.245 e. The number of hydrogen-bond donors (Lipinski definition) is 2. The Morgan fingerprint density at radius 3 is 2.85 bits per heavy atom. The summed E-state index contributed by atoms with van der Waals surface area (Å²) < 4.78 is 0. The first-order chi connectivity index (χ1) is 6.18. The van der Waals surface area contributed by atoms with Gasteiger partial charge in [-0.05, 0) is 18.3 Å². The van der Waals surface area contributed by atoms with Gasteiger partial charge in [0.2, 0.25) is 5.91 Å². The Hall–Kier alpha value is -1.12. The highest BCUT2D eigenvalue weighted by atomic mass is 16.6. The summed E-state index contributed by atoms with van der Waals surface area (Å²) in [4.78, 5) is 15.1. The summed E-state index contributed by atoms with van der Waals surface area (Å²) in [5, 5.41) is 8.49. The highest BCUT2D eigenvalue weighted by Crippen LogP contribution is 2.47. The number of carbonyl (C=O) groups excluding carboxylic acids is 1. The summed E-state index contributed by atoms with van der Waals surface area (Å²) in [6, 6.07) is 2.13. The molecular weight excluding hydrogens is 170 g/mol. The third-order valence-electron chi connectivity index (χ3n) is 2.17. The number of carbonyl (C=O) groups is 1. The number of hydrogen-bond acceptors (Lipinski definition) is 4. The summed E-state index contributed by atoms with van der Waals surface area (Å²) in [5.41, 5.74) is 7.60. The number of rotatable bonds is 6. The van der Waals surface area contributed by atoms with Crippen molar-refractivity contribution in [2.75, 3.05) is 13.2 Å². The number of nitrogens with one attached hydrogen (secondary N) is 1. The molecule has 0 spiro atoms. The molecule has 0 radical (unpaired) electrons. The predicted octanol–water partition coefficient (Wildman–Crippen LogP) is -0.313. The SMILES string of the molecule is N#CCC1(CNOCC(N)=O)CC1. The maximum absolute atomic E-state index is 10.3. The van der Waals surface area contributed by atoms with Gasteiger partial charge in [0.15, 0.2) is 0 Å². The van der Waals surface area contributed by atoms with E-state index in [1.807, 2.05) is 0 Å². The normalized spacial score (nSPS) is 17.8. The van der Waals surface area contributed by atoms with Gasteiger partial charge in [-0.25, -0.2) is 5.48 Å². The molecule has 0 bridgehead atoms. The van der Waals surface area contributed by atoms with E-state index >= 15 is 0 Å². The molecule has 0 aromatic carbocycles. The molecule has 5 heteroatoms. The van der Waals surface area contributed by atoms with Gasteiger partial charge < -0.3 is 5.73 Å². The molecule has 1 saturated carbocycles. The molecule has 13 heavy (non-hydrogen) atoms. The third-order valence-corrected chi connectivity index (χ3v) is 2.17. The van der Waals surface area contributed by atoms with Crippen molar-refractivity contribution in [2.24, 2.45) is 11.1 Å². The van der Waals surface area contributed by atoms with Crippen molar-refractivity contribution in [1.82, 2.24) is 5.48 Å². The summed E-state index contributed by atoms with van der Waals surface area (Å²) in [5.74, 6) is -0.502. The Labute approximate surface area is 76.8 Å². The summed E-state index contributed by atoms with van der Waals surface area (Å²) >= 11 is 0. The zero-order valence-corrected chi connectivity index (χ0v) is 7.38. The molecule has 1 aliphatic rings. The monoisotopic (exact) mass is 183 g/mol. The molecule has 1 fully saturated rings. The van der Waals surface area contributed by atoms with Gasteiger partial charge >= 0.3 is 0 Å². The average Bonchev–Trinajstić information content (AvgIpc) is 2.80. The molecule has 0 atom stereocenters. The smallest absolute Gasteiger partial charge is 0.245 e. The zero-order valence-electron chi connectivity index (χ0n) is 7.38. The van der Waals surface area contributed by atoms with Gasteiger partial charge in [-0.3, -0.25) is 9.63 Å². The minimum Gasteiger partial charge on any atom is -0.368 e. The lowest BCUT2D eigenvalue weighted by atomic mass is 10.0. The van der Waals surface area contributed by atoms with Crippen molar-refractivity contribution < 1.29 is 9.63 Å². The topological polar surface area (TPSA) is 88.1 Å². The first-order valence-corrected chi connectivity index (χ1v) is 4.18. The van der Waals surface area contributed by atoms with Crippen LogP contribution in [0.3, 0.4) is 0 Å². The van der Waals surface area contributed by atoms with Crippen molar-refractivity contribution >= 4 is 5.91 Å². The van der Waals surface area contributed by atoms with Gasteiger partial charge in [0, 0.05) is 13.0 Å². The lowest BCUT2D eigenvalue weighted by Gasteiger charge is -2.10. The van der Waals surface area contributed by atoms with Gasteiger partial charge in [0.25, 0.3) is 0 Å². The first-order valence-electron chi connectivity index (χ1n) is 4.18. The van der Waals surface area contributed by atoms with E-state index in [0.717, 1.165) is 12.8 Å². The Kier molecular flexibility index (Phi) is 3.23. The van der Waals surface area contributed by atoms with Crippen LogP contribution in [0, 0.1) is 16.7 Å². The van der Waals surface area contributed by atoms with E-state index in [9.17, 15) is 4.79 Å². The van der Waals surface area contributed by atoms with Crippen LogP contribution in [0.5, 0.6) is 0 Å². The first kappa shape index (κ1) is 9.96. The van der Waals surface area contributed by atoms with Crippen LogP contribution >= 0.6 is 0 Å². The second kappa shape index (κ2) is 4.21. The Balaban J connectivity index is 2.06. The minimum absolute atomic E-state index is 0.0897. The van der Waals surface area contributed by atoms with Gasteiger partial charge in [-0.15, -0.1) is 0 Å². The van der Waals surface area contributed by atoms with E-state index in [2.05, 4.69) is 11.5 Å². The van der Waals surface area contributed by atoms with Gasteiger partial charge in [0.1, 0.15) is 6.61 Å². The Bertz CT molecular complexity index is 230. The van der Waals surface area contributed by atoms with Crippen molar-refractivity contribution in [3.63, 3.8) is 0 Å². The summed E-state index contributed by atoms with van der Waals surface area (Å²) in [6.07, 6.45) is 2.64. The number of hydroxylamine groups is 1. The quantitative estimate of drug-likeness (QED) is 0.436. The lowest BCUT2D eigenvalue weighted by Crippen LogP contribution is -2.29.